The molecular formula is C25H28O. The number of allylic oxidation sites excluding steroid dienone is 2. The average molecular weight is 344 g/mol. The van der Waals surface area contributed by atoms with Crippen molar-refractivity contribution < 1.29 is 4.79 Å². The maximum absolute atomic E-state index is 13.2. The lowest BCUT2D eigenvalue weighted by Gasteiger charge is -2.22. The van der Waals surface area contributed by atoms with Crippen molar-refractivity contribution in [1.82, 2.24) is 0 Å². The molecule has 2 aliphatic carbocycles. The number of Topliss-reactive ketones (excluding diaryl/α,β-unsaturated/α-hetero) is 1. The monoisotopic (exact) mass is 344 g/mol. The summed E-state index contributed by atoms with van der Waals surface area (Å²) >= 11 is 0. The standard InChI is InChI=1S/C25H28O/c1-3-11-19-20(12-4-2)22-23(21(19)17-13-7-5-8-14-17)24(22)25(26)18-15-9-6-10-16-18/h5-10,13-16,21-24H,3-4,11-12H2,1-2H3/t21-,22+,23-,24-/m1/s1. The van der Waals surface area contributed by atoms with Gasteiger partial charge in [0.25, 0.3) is 0 Å². The minimum Gasteiger partial charge on any atom is -0.294 e. The van der Waals surface area contributed by atoms with E-state index in [1.807, 2.05) is 30.3 Å². The van der Waals surface area contributed by atoms with E-state index in [4.69, 9.17) is 0 Å². The van der Waals surface area contributed by atoms with Gasteiger partial charge in [0.2, 0.25) is 0 Å². The van der Waals surface area contributed by atoms with Crippen LogP contribution in [0.5, 0.6) is 0 Å². The molecule has 0 spiro atoms. The van der Waals surface area contributed by atoms with Gasteiger partial charge in [-0.3, -0.25) is 4.79 Å². The Balaban J connectivity index is 1.72. The third-order valence-corrected chi connectivity index (χ3v) is 6.21. The number of ketones is 1. The summed E-state index contributed by atoms with van der Waals surface area (Å²) in [5.41, 5.74) is 5.54. The van der Waals surface area contributed by atoms with Gasteiger partial charge in [-0.25, -0.2) is 0 Å². The van der Waals surface area contributed by atoms with Crippen molar-refractivity contribution in [3.8, 4) is 0 Å². The Labute approximate surface area is 157 Å². The van der Waals surface area contributed by atoms with Crippen molar-refractivity contribution in [3.05, 3.63) is 82.9 Å². The van der Waals surface area contributed by atoms with Crippen LogP contribution in [0, 0.1) is 17.8 Å². The van der Waals surface area contributed by atoms with Crippen LogP contribution in [-0.4, -0.2) is 5.78 Å². The Morgan fingerprint density at radius 3 is 2.00 bits per heavy atom. The summed E-state index contributed by atoms with van der Waals surface area (Å²) in [5, 5.41) is 0. The first kappa shape index (κ1) is 17.3. The number of hydrogen-bond acceptors (Lipinski definition) is 1. The molecule has 2 aromatic rings. The number of rotatable bonds is 7. The molecule has 2 aromatic carbocycles. The van der Waals surface area contributed by atoms with Gasteiger partial charge in [0.1, 0.15) is 0 Å². The van der Waals surface area contributed by atoms with Gasteiger partial charge >= 0.3 is 0 Å². The van der Waals surface area contributed by atoms with Crippen LogP contribution in [0.2, 0.25) is 0 Å². The lowest BCUT2D eigenvalue weighted by Crippen LogP contribution is -2.13. The van der Waals surface area contributed by atoms with Gasteiger partial charge in [0.05, 0.1) is 0 Å². The third-order valence-electron chi connectivity index (χ3n) is 6.21. The molecule has 1 heteroatoms. The molecule has 4 rings (SSSR count). The molecule has 0 unspecified atom stereocenters. The maximum atomic E-state index is 13.2. The normalized spacial score (nSPS) is 26.7. The predicted molar refractivity (Wildman–Crippen MR) is 107 cm³/mol. The minimum absolute atomic E-state index is 0.185. The molecule has 0 N–H and O–H groups in total. The van der Waals surface area contributed by atoms with E-state index in [1.54, 1.807) is 11.1 Å². The fourth-order valence-corrected chi connectivity index (χ4v) is 5.24. The third kappa shape index (κ3) is 2.84. The second-order valence-corrected chi connectivity index (χ2v) is 7.80. The summed E-state index contributed by atoms with van der Waals surface area (Å²) in [6, 6.07) is 20.8. The zero-order valence-corrected chi connectivity index (χ0v) is 15.8. The second kappa shape index (κ2) is 7.23. The van der Waals surface area contributed by atoms with Crippen LogP contribution in [0.1, 0.15) is 61.4 Å². The van der Waals surface area contributed by atoms with E-state index < -0.39 is 0 Å². The summed E-state index contributed by atoms with van der Waals surface area (Å²) in [7, 11) is 0. The van der Waals surface area contributed by atoms with Gasteiger partial charge < -0.3 is 0 Å². The lowest BCUT2D eigenvalue weighted by molar-refractivity contribution is 0.0955. The van der Waals surface area contributed by atoms with Crippen LogP contribution in [0.3, 0.4) is 0 Å². The van der Waals surface area contributed by atoms with Gasteiger partial charge in [-0.15, -0.1) is 0 Å². The van der Waals surface area contributed by atoms with Gasteiger partial charge in [0.15, 0.2) is 5.78 Å². The minimum atomic E-state index is 0.185. The molecule has 1 saturated carbocycles. The van der Waals surface area contributed by atoms with E-state index in [1.165, 1.54) is 24.8 Å². The molecule has 4 atom stereocenters. The van der Waals surface area contributed by atoms with Crippen LogP contribution < -0.4 is 0 Å². The second-order valence-electron chi connectivity index (χ2n) is 7.80. The van der Waals surface area contributed by atoms with Crippen molar-refractivity contribution in [3.63, 3.8) is 0 Å². The SMILES string of the molecule is CCCC1=C(CCC)[C@@H](c2ccccc2)[C@H]2[C@H](C(=O)c3ccccc3)[C@@H]12. The van der Waals surface area contributed by atoms with Crippen LogP contribution >= 0.6 is 0 Å². The smallest absolute Gasteiger partial charge is 0.166 e. The molecule has 0 heterocycles. The predicted octanol–water partition coefficient (Wildman–Crippen LogP) is 6.43. The highest BCUT2D eigenvalue weighted by molar-refractivity contribution is 6.01. The molecule has 0 aromatic heterocycles. The number of benzene rings is 2. The molecule has 0 amide bonds. The summed E-state index contributed by atoms with van der Waals surface area (Å²) in [6.45, 7) is 4.53. The van der Waals surface area contributed by atoms with Crippen molar-refractivity contribution in [1.29, 1.82) is 0 Å². The van der Waals surface area contributed by atoms with Crippen LogP contribution in [-0.2, 0) is 0 Å². The fourth-order valence-electron chi connectivity index (χ4n) is 5.24. The number of hydrogen-bond donors (Lipinski definition) is 0. The summed E-state index contributed by atoms with van der Waals surface area (Å²) in [5.74, 6) is 1.94. The van der Waals surface area contributed by atoms with Crippen molar-refractivity contribution in [2.75, 3.05) is 0 Å². The molecule has 1 fully saturated rings. The van der Waals surface area contributed by atoms with Crippen molar-refractivity contribution in [2.24, 2.45) is 17.8 Å². The van der Waals surface area contributed by atoms with Crippen LogP contribution in [0.15, 0.2) is 71.8 Å². The number of fused-ring (bicyclic) bond motifs is 1. The van der Waals surface area contributed by atoms with E-state index in [0.29, 0.717) is 23.5 Å². The van der Waals surface area contributed by atoms with Gasteiger partial charge in [0, 0.05) is 17.4 Å². The Hall–Kier alpha value is -2.15. The molecule has 2 aliphatic rings. The highest BCUT2D eigenvalue weighted by Crippen LogP contribution is 2.68. The van der Waals surface area contributed by atoms with E-state index in [9.17, 15) is 4.79 Å². The van der Waals surface area contributed by atoms with E-state index in [-0.39, 0.29) is 5.92 Å². The van der Waals surface area contributed by atoms with Gasteiger partial charge in [-0.05, 0) is 30.2 Å². The van der Waals surface area contributed by atoms with E-state index in [0.717, 1.165) is 12.0 Å². The molecule has 134 valence electrons. The largest absolute Gasteiger partial charge is 0.294 e. The summed E-state index contributed by atoms with van der Waals surface area (Å²) < 4.78 is 0. The molecule has 0 saturated heterocycles. The fraction of sp³-hybridized carbons (Fsp3) is 0.400. The van der Waals surface area contributed by atoms with Gasteiger partial charge in [-0.2, -0.15) is 0 Å². The Morgan fingerprint density at radius 1 is 0.808 bits per heavy atom. The zero-order valence-electron chi connectivity index (χ0n) is 15.8. The Morgan fingerprint density at radius 2 is 1.38 bits per heavy atom. The number of carbonyl (C=O) groups is 1. The molecule has 0 radical (unpaired) electrons. The van der Waals surface area contributed by atoms with Crippen LogP contribution in [0.4, 0.5) is 0 Å². The first-order chi connectivity index (χ1) is 12.8. The molecule has 26 heavy (non-hydrogen) atoms. The molecule has 0 aliphatic heterocycles. The maximum Gasteiger partial charge on any atom is 0.166 e. The molecule has 0 bridgehead atoms. The first-order valence-corrected chi connectivity index (χ1v) is 10.1. The van der Waals surface area contributed by atoms with Gasteiger partial charge in [-0.1, -0.05) is 98.5 Å². The highest BCUT2D eigenvalue weighted by atomic mass is 16.1. The topological polar surface area (TPSA) is 17.1 Å². The molecular weight excluding hydrogens is 316 g/mol. The highest BCUT2D eigenvalue weighted by Gasteiger charge is 2.63. The molecule has 1 nitrogen and oxygen atoms in total. The Kier molecular flexibility index (Phi) is 4.80. The zero-order chi connectivity index (χ0) is 18.1. The van der Waals surface area contributed by atoms with Crippen LogP contribution in [0.25, 0.3) is 0 Å². The van der Waals surface area contributed by atoms with Crippen molar-refractivity contribution >= 4 is 5.78 Å². The lowest BCUT2D eigenvalue weighted by atomic mass is 9.82. The summed E-state index contributed by atoms with van der Waals surface area (Å²) in [6.07, 6.45) is 4.68. The Bertz CT molecular complexity index is 803. The van der Waals surface area contributed by atoms with E-state index >= 15 is 0 Å². The quantitative estimate of drug-likeness (QED) is 0.418. The first-order valence-electron chi connectivity index (χ1n) is 10.1. The van der Waals surface area contributed by atoms with Crippen molar-refractivity contribution in [2.45, 2.75) is 45.4 Å². The van der Waals surface area contributed by atoms with E-state index in [2.05, 4.69) is 44.2 Å². The average Bonchev–Trinajstić information content (AvgIpc) is 3.33. The summed E-state index contributed by atoms with van der Waals surface area (Å²) in [4.78, 5) is 13.2. The number of carbonyl (C=O) groups excluding carboxylic acids is 1.